The van der Waals surface area contributed by atoms with Gasteiger partial charge in [0.05, 0.1) is 0 Å². The Morgan fingerprint density at radius 1 is 1.60 bits per heavy atom. The van der Waals surface area contributed by atoms with Crippen molar-refractivity contribution in [2.45, 2.75) is 0 Å². The number of rotatable bonds is 1. The minimum absolute atomic E-state index is 0. The Hall–Kier alpha value is 0.410. The Bertz CT molecular complexity index is 27.9. The molecule has 0 rings (SSSR count). The molecule has 0 unspecified atom stereocenters. The molecule has 0 aliphatic rings. The van der Waals surface area contributed by atoms with Gasteiger partial charge in [0.15, 0.2) is 0 Å². The van der Waals surface area contributed by atoms with Crippen molar-refractivity contribution in [2.24, 2.45) is 0 Å². The van der Waals surface area contributed by atoms with Crippen LogP contribution in [-0.2, 0) is 4.79 Å². The molecular weight excluding hydrogens is 75.0 g/mol. The molecule has 1 nitrogen and oxygen atoms in total. The number of allylic oxidation sites excluding steroid dienone is 1. The number of carbonyl (C=O) groups excluding carboxylic acids is 1. The first-order chi connectivity index (χ1) is 1.91. The summed E-state index contributed by atoms with van der Waals surface area (Å²) in [5, 5.41) is 0. The van der Waals surface area contributed by atoms with Crippen molar-refractivity contribution in [3.05, 3.63) is 12.7 Å². The molecule has 0 spiro atoms. The summed E-state index contributed by atoms with van der Waals surface area (Å²) in [7, 11) is 0. The van der Waals surface area contributed by atoms with Crippen LogP contribution >= 0.6 is 0 Å². The summed E-state index contributed by atoms with van der Waals surface area (Å²) in [4.78, 5) is 9.06. The van der Waals surface area contributed by atoms with E-state index in [0.29, 0.717) is 6.29 Å². The Kier molecular flexibility index (Phi) is 16.0. The summed E-state index contributed by atoms with van der Waals surface area (Å²) in [6, 6.07) is 0. The SMILES string of the molecule is C=CC=O.[Na]. The smallest absolute Gasteiger partial charge is 0.142 e. The summed E-state index contributed by atoms with van der Waals surface area (Å²) in [6.07, 6.45) is 1.83. The summed E-state index contributed by atoms with van der Waals surface area (Å²) >= 11 is 0. The van der Waals surface area contributed by atoms with E-state index in [4.69, 9.17) is 4.79 Å². The van der Waals surface area contributed by atoms with Crippen LogP contribution in [0, 0.1) is 0 Å². The fraction of sp³-hybridized carbons (Fsp3) is 0. The van der Waals surface area contributed by atoms with Gasteiger partial charge >= 0.3 is 0 Å². The van der Waals surface area contributed by atoms with Crippen molar-refractivity contribution in [3.8, 4) is 0 Å². The molecule has 0 atom stereocenters. The van der Waals surface area contributed by atoms with Crippen LogP contribution in [0.2, 0.25) is 0 Å². The molecule has 23 valence electrons. The van der Waals surface area contributed by atoms with E-state index in [0.717, 1.165) is 0 Å². The van der Waals surface area contributed by atoms with Crippen molar-refractivity contribution < 1.29 is 4.79 Å². The van der Waals surface area contributed by atoms with Crippen LogP contribution in [0.5, 0.6) is 0 Å². The van der Waals surface area contributed by atoms with Crippen molar-refractivity contribution in [2.75, 3.05) is 0 Å². The Morgan fingerprint density at radius 3 is 1.80 bits per heavy atom. The second-order valence-corrected chi connectivity index (χ2v) is 0.372. The molecule has 0 amide bonds. The summed E-state index contributed by atoms with van der Waals surface area (Å²) in [5.41, 5.74) is 0. The zero-order valence-corrected chi connectivity index (χ0v) is 5.27. The van der Waals surface area contributed by atoms with E-state index in [9.17, 15) is 0 Å². The van der Waals surface area contributed by atoms with Gasteiger partial charge in [0.25, 0.3) is 0 Å². The second-order valence-electron chi connectivity index (χ2n) is 0.372. The minimum Gasteiger partial charge on any atom is -0.299 e. The van der Waals surface area contributed by atoms with Crippen molar-refractivity contribution in [1.29, 1.82) is 0 Å². The third-order valence-electron chi connectivity index (χ3n) is 0.0962. The Labute approximate surface area is 53.4 Å². The summed E-state index contributed by atoms with van der Waals surface area (Å²) in [5.74, 6) is 0. The number of aldehydes is 1. The molecule has 0 saturated carbocycles. The molecule has 0 aliphatic carbocycles. The largest absolute Gasteiger partial charge is 0.299 e. The molecule has 0 aromatic heterocycles. The van der Waals surface area contributed by atoms with E-state index in [1.165, 1.54) is 6.08 Å². The molecule has 2 heteroatoms. The van der Waals surface area contributed by atoms with E-state index in [-0.39, 0.29) is 29.6 Å². The predicted molar refractivity (Wildman–Crippen MR) is 22.0 cm³/mol. The van der Waals surface area contributed by atoms with Crippen LogP contribution in [0.15, 0.2) is 12.7 Å². The molecule has 1 radical (unpaired) electrons. The molecule has 0 aliphatic heterocycles. The van der Waals surface area contributed by atoms with E-state index in [1.807, 2.05) is 0 Å². The number of hydrogen-bond donors (Lipinski definition) is 0. The van der Waals surface area contributed by atoms with Crippen LogP contribution < -0.4 is 0 Å². The van der Waals surface area contributed by atoms with Gasteiger partial charge in [-0.3, -0.25) is 4.79 Å². The van der Waals surface area contributed by atoms with Crippen LogP contribution in [-0.4, -0.2) is 35.8 Å². The third-order valence-corrected chi connectivity index (χ3v) is 0.0962. The average Bonchev–Trinajstić information content (AvgIpc) is 1.37. The first-order valence-corrected chi connectivity index (χ1v) is 0.977. The number of hydrogen-bond acceptors (Lipinski definition) is 1. The van der Waals surface area contributed by atoms with Gasteiger partial charge in [0, 0.05) is 29.6 Å². The van der Waals surface area contributed by atoms with E-state index in [2.05, 4.69) is 6.58 Å². The van der Waals surface area contributed by atoms with Crippen molar-refractivity contribution >= 4 is 35.8 Å². The quantitative estimate of drug-likeness (QED) is 0.245. The standard InChI is InChI=1S/C3H4O.Na/c1-2-3-4;/h2-3H,1H2;. The minimum atomic E-state index is 0. The maximum atomic E-state index is 9.06. The van der Waals surface area contributed by atoms with Gasteiger partial charge in [-0.2, -0.15) is 0 Å². The van der Waals surface area contributed by atoms with Gasteiger partial charge in [-0.05, 0) is 6.08 Å². The maximum absolute atomic E-state index is 9.06. The Morgan fingerprint density at radius 2 is 1.80 bits per heavy atom. The zero-order valence-electron chi connectivity index (χ0n) is 3.27. The van der Waals surface area contributed by atoms with Gasteiger partial charge in [0.2, 0.25) is 0 Å². The van der Waals surface area contributed by atoms with Crippen LogP contribution in [0.3, 0.4) is 0 Å². The van der Waals surface area contributed by atoms with Crippen LogP contribution in [0.4, 0.5) is 0 Å². The average molecular weight is 79.1 g/mol. The molecule has 0 fully saturated rings. The normalized spacial score (nSPS) is 4.00. The van der Waals surface area contributed by atoms with E-state index in [1.54, 1.807) is 0 Å². The third kappa shape index (κ3) is 12.9. The van der Waals surface area contributed by atoms with Crippen molar-refractivity contribution in [1.82, 2.24) is 0 Å². The topological polar surface area (TPSA) is 17.1 Å². The van der Waals surface area contributed by atoms with Crippen molar-refractivity contribution in [3.63, 3.8) is 0 Å². The van der Waals surface area contributed by atoms with E-state index >= 15 is 0 Å². The molecule has 0 saturated heterocycles. The predicted octanol–water partition coefficient (Wildman–Crippen LogP) is -0.00950. The fourth-order valence-corrected chi connectivity index (χ4v) is 0. The van der Waals surface area contributed by atoms with E-state index < -0.39 is 0 Å². The summed E-state index contributed by atoms with van der Waals surface area (Å²) < 4.78 is 0. The van der Waals surface area contributed by atoms with Gasteiger partial charge in [-0.25, -0.2) is 0 Å². The van der Waals surface area contributed by atoms with Crippen LogP contribution in [0.1, 0.15) is 0 Å². The molecule has 0 bridgehead atoms. The molecule has 0 heterocycles. The molecule has 5 heavy (non-hydrogen) atoms. The first-order valence-electron chi connectivity index (χ1n) is 0.977. The number of carbonyl (C=O) groups is 1. The van der Waals surface area contributed by atoms with Gasteiger partial charge in [0.1, 0.15) is 6.29 Å². The van der Waals surface area contributed by atoms with Gasteiger partial charge in [-0.1, -0.05) is 6.58 Å². The second kappa shape index (κ2) is 8.83. The zero-order chi connectivity index (χ0) is 3.41. The monoisotopic (exact) mass is 79.0 g/mol. The molecule has 0 N–H and O–H groups in total. The first kappa shape index (κ1) is 9.05. The van der Waals surface area contributed by atoms with Crippen LogP contribution in [0.25, 0.3) is 0 Å². The maximum Gasteiger partial charge on any atom is 0.142 e. The molecular formula is C3H4NaO. The molecule has 0 aromatic carbocycles. The summed E-state index contributed by atoms with van der Waals surface area (Å²) in [6.45, 7) is 3.11. The Balaban J connectivity index is 0. The fourth-order valence-electron chi connectivity index (χ4n) is 0. The van der Waals surface area contributed by atoms with Gasteiger partial charge in [-0.15, -0.1) is 0 Å². The van der Waals surface area contributed by atoms with Gasteiger partial charge < -0.3 is 0 Å². The molecule has 0 aromatic rings.